The summed E-state index contributed by atoms with van der Waals surface area (Å²) in [7, 11) is 0. The molecule has 34 heavy (non-hydrogen) atoms. The molecule has 1 unspecified atom stereocenters. The highest BCUT2D eigenvalue weighted by atomic mass is 16.5. The Kier molecular flexibility index (Phi) is 5.87. The lowest BCUT2D eigenvalue weighted by Crippen LogP contribution is -2.33. The number of fused-ring (bicyclic) bond motifs is 2. The number of para-hydroxylation sites is 1. The molecule has 0 radical (unpaired) electrons. The van der Waals surface area contributed by atoms with Crippen LogP contribution in [0, 0.1) is 0 Å². The van der Waals surface area contributed by atoms with Gasteiger partial charge >= 0.3 is 0 Å². The van der Waals surface area contributed by atoms with Crippen molar-refractivity contribution in [3.8, 4) is 5.75 Å². The fourth-order valence-electron chi connectivity index (χ4n) is 4.80. The van der Waals surface area contributed by atoms with Gasteiger partial charge in [-0.3, -0.25) is 9.59 Å². The topological polar surface area (TPSA) is 91.9 Å². The van der Waals surface area contributed by atoms with Crippen LogP contribution in [0.1, 0.15) is 43.0 Å². The van der Waals surface area contributed by atoms with E-state index in [0.29, 0.717) is 18.8 Å². The Morgan fingerprint density at radius 1 is 1.24 bits per heavy atom. The number of nitrogens with one attached hydrogen (secondary N) is 1. The Balaban J connectivity index is 1.63. The molecule has 7 heteroatoms. The van der Waals surface area contributed by atoms with Gasteiger partial charge in [-0.25, -0.2) is 0 Å². The van der Waals surface area contributed by atoms with Crippen LogP contribution in [0.2, 0.25) is 0 Å². The number of aromatic amines is 1. The number of likely N-dealkylation sites (tertiary alicyclic amines) is 1. The van der Waals surface area contributed by atoms with Crippen molar-refractivity contribution >= 4 is 28.4 Å². The highest BCUT2D eigenvalue weighted by molar-refractivity contribution is 6.46. The third-order valence-electron chi connectivity index (χ3n) is 6.42. The zero-order chi connectivity index (χ0) is 23.8. The number of ketones is 1. The molecule has 5 rings (SSSR count). The van der Waals surface area contributed by atoms with Crippen LogP contribution < -0.4 is 4.74 Å². The van der Waals surface area contributed by atoms with Gasteiger partial charge in [0.25, 0.3) is 11.7 Å². The van der Waals surface area contributed by atoms with Crippen molar-refractivity contribution in [1.29, 1.82) is 0 Å². The molecule has 3 aromatic rings. The van der Waals surface area contributed by atoms with E-state index >= 15 is 0 Å². The number of ether oxygens (including phenoxy) is 2. The number of carbonyl (C=O) groups is 2. The monoisotopic (exact) mass is 460 g/mol. The summed E-state index contributed by atoms with van der Waals surface area (Å²) in [5.41, 5.74) is 3.25. The molecular formula is C27H28N2O5. The molecule has 0 saturated carbocycles. The summed E-state index contributed by atoms with van der Waals surface area (Å²) in [4.78, 5) is 31.2. The fourth-order valence-corrected chi connectivity index (χ4v) is 4.80. The minimum atomic E-state index is -0.723. The maximum atomic E-state index is 13.3. The highest BCUT2D eigenvalue weighted by Gasteiger charge is 2.46. The van der Waals surface area contributed by atoms with Crippen LogP contribution in [-0.4, -0.2) is 52.5 Å². The summed E-state index contributed by atoms with van der Waals surface area (Å²) >= 11 is 0. The van der Waals surface area contributed by atoms with Crippen LogP contribution in [0.25, 0.3) is 16.7 Å². The lowest BCUT2D eigenvalue weighted by atomic mass is 9.93. The smallest absolute Gasteiger partial charge is 0.295 e. The average Bonchev–Trinajstić information content (AvgIpc) is 3.37. The summed E-state index contributed by atoms with van der Waals surface area (Å²) in [6.07, 6.45) is 3.54. The van der Waals surface area contributed by atoms with Gasteiger partial charge in [-0.05, 0) is 56.5 Å². The number of hydrogen-bond acceptors (Lipinski definition) is 5. The lowest BCUT2D eigenvalue weighted by Gasteiger charge is -2.25. The van der Waals surface area contributed by atoms with E-state index < -0.39 is 17.7 Å². The van der Waals surface area contributed by atoms with Crippen LogP contribution in [0.3, 0.4) is 0 Å². The van der Waals surface area contributed by atoms with Crippen molar-refractivity contribution in [2.45, 2.75) is 38.8 Å². The van der Waals surface area contributed by atoms with Gasteiger partial charge in [-0.2, -0.15) is 0 Å². The number of H-pyrrole nitrogens is 1. The summed E-state index contributed by atoms with van der Waals surface area (Å²) in [5.74, 6) is -0.701. The number of benzene rings is 2. The molecule has 2 N–H and O–H groups in total. The number of aryl methyl sites for hydroxylation is 1. The summed E-state index contributed by atoms with van der Waals surface area (Å²) in [6.45, 7) is 5.04. The van der Waals surface area contributed by atoms with Gasteiger partial charge in [0.1, 0.15) is 11.5 Å². The molecule has 1 amide bonds. The van der Waals surface area contributed by atoms with Gasteiger partial charge in [-0.15, -0.1) is 0 Å². The first-order chi connectivity index (χ1) is 16.5. The minimum Gasteiger partial charge on any atom is -0.507 e. The third-order valence-corrected chi connectivity index (χ3v) is 6.42. The second-order valence-electron chi connectivity index (χ2n) is 8.98. The second kappa shape index (κ2) is 8.99. The van der Waals surface area contributed by atoms with Crippen molar-refractivity contribution in [1.82, 2.24) is 9.88 Å². The molecule has 2 aliphatic rings. The number of aromatic nitrogens is 1. The molecule has 2 aromatic carbocycles. The van der Waals surface area contributed by atoms with Crippen LogP contribution in [0.4, 0.5) is 0 Å². The van der Waals surface area contributed by atoms with Crippen molar-refractivity contribution in [3.63, 3.8) is 0 Å². The number of nitrogens with zero attached hydrogens (tertiary/aromatic N) is 1. The Bertz CT molecular complexity index is 1290. The van der Waals surface area contributed by atoms with E-state index in [2.05, 4.69) is 4.98 Å². The van der Waals surface area contributed by atoms with E-state index in [1.807, 2.05) is 56.4 Å². The average molecular weight is 461 g/mol. The number of aliphatic hydroxyl groups is 1. The maximum Gasteiger partial charge on any atom is 0.295 e. The largest absolute Gasteiger partial charge is 0.507 e. The third kappa shape index (κ3) is 3.86. The standard InChI is InChI=1S/C27H28N2O5/c1-16(2)33-13-11-29-24(20-15-28-21-8-4-3-7-19(20)21)23(26(31)27(29)32)25(30)18-9-10-22-17(14-18)6-5-12-34-22/h3-4,7-10,14-16,24,28,30H,5-6,11-13H2,1-2H3/b25-23+. The quantitative estimate of drug-likeness (QED) is 0.324. The number of hydrogen-bond donors (Lipinski definition) is 2. The summed E-state index contributed by atoms with van der Waals surface area (Å²) in [5, 5.41) is 12.3. The Hall–Kier alpha value is -3.58. The normalized spacial score (nSPS) is 19.6. The number of Topliss-reactive ketones (excluding diaryl/α,β-unsaturated/α-hetero) is 1. The van der Waals surface area contributed by atoms with Gasteiger partial charge in [0.2, 0.25) is 0 Å². The number of rotatable bonds is 6. The van der Waals surface area contributed by atoms with Crippen LogP contribution in [-0.2, 0) is 20.7 Å². The predicted molar refractivity (Wildman–Crippen MR) is 129 cm³/mol. The molecule has 3 heterocycles. The molecule has 1 atom stereocenters. The van der Waals surface area contributed by atoms with Crippen LogP contribution in [0.5, 0.6) is 5.75 Å². The molecule has 0 spiro atoms. The Morgan fingerprint density at radius 3 is 2.88 bits per heavy atom. The summed E-state index contributed by atoms with van der Waals surface area (Å²) < 4.78 is 11.4. The molecule has 0 bridgehead atoms. The molecule has 176 valence electrons. The molecule has 1 saturated heterocycles. The van der Waals surface area contributed by atoms with Gasteiger partial charge in [0, 0.05) is 34.8 Å². The molecule has 1 aromatic heterocycles. The van der Waals surface area contributed by atoms with Crippen molar-refractivity contribution < 1.29 is 24.2 Å². The predicted octanol–water partition coefficient (Wildman–Crippen LogP) is 4.34. The fraction of sp³-hybridized carbons (Fsp3) is 0.333. The first-order valence-electron chi connectivity index (χ1n) is 11.7. The van der Waals surface area contributed by atoms with E-state index in [9.17, 15) is 14.7 Å². The molecule has 1 fully saturated rings. The van der Waals surface area contributed by atoms with Gasteiger partial charge in [0.15, 0.2) is 0 Å². The van der Waals surface area contributed by atoms with Crippen LogP contribution in [0.15, 0.2) is 54.2 Å². The summed E-state index contributed by atoms with van der Waals surface area (Å²) in [6, 6.07) is 12.4. The molecule has 0 aliphatic carbocycles. The number of aliphatic hydroxyl groups excluding tert-OH is 1. The first kappa shape index (κ1) is 22.2. The number of carbonyl (C=O) groups excluding carboxylic acids is 2. The first-order valence-corrected chi connectivity index (χ1v) is 11.7. The van der Waals surface area contributed by atoms with Crippen LogP contribution >= 0.6 is 0 Å². The van der Waals surface area contributed by atoms with Crippen molar-refractivity contribution in [2.24, 2.45) is 0 Å². The second-order valence-corrected chi connectivity index (χ2v) is 8.98. The van der Waals surface area contributed by atoms with E-state index in [4.69, 9.17) is 9.47 Å². The van der Waals surface area contributed by atoms with Gasteiger partial charge in [0.05, 0.1) is 30.9 Å². The SMILES string of the molecule is CC(C)OCCN1C(=O)C(=O)/C(=C(/O)c2ccc3c(c2)CCCO3)C1c1c[nH]c2ccccc12. The van der Waals surface area contributed by atoms with Crippen molar-refractivity contribution in [3.05, 3.63) is 70.9 Å². The zero-order valence-electron chi connectivity index (χ0n) is 19.3. The minimum absolute atomic E-state index is 0.000995. The Labute approximate surface area is 198 Å². The lowest BCUT2D eigenvalue weighted by molar-refractivity contribution is -0.140. The molecule has 7 nitrogen and oxygen atoms in total. The van der Waals surface area contributed by atoms with Crippen molar-refractivity contribution in [2.75, 3.05) is 19.8 Å². The Morgan fingerprint density at radius 2 is 2.06 bits per heavy atom. The van der Waals surface area contributed by atoms with E-state index in [0.717, 1.165) is 40.6 Å². The van der Waals surface area contributed by atoms with Gasteiger partial charge in [-0.1, -0.05) is 18.2 Å². The molecule has 2 aliphatic heterocycles. The van der Waals surface area contributed by atoms with Gasteiger partial charge < -0.3 is 24.5 Å². The number of amides is 1. The zero-order valence-corrected chi connectivity index (χ0v) is 19.3. The molecular weight excluding hydrogens is 432 g/mol. The van der Waals surface area contributed by atoms with E-state index in [1.54, 1.807) is 6.07 Å². The highest BCUT2D eigenvalue weighted by Crippen LogP contribution is 2.42. The van der Waals surface area contributed by atoms with E-state index in [1.165, 1.54) is 4.90 Å². The maximum absolute atomic E-state index is 13.3. The van der Waals surface area contributed by atoms with E-state index in [-0.39, 0.29) is 24.0 Å².